The lowest BCUT2D eigenvalue weighted by atomic mass is 10.0. The molecule has 0 heterocycles. The SMILES string of the molecule is Cc1ccc(S(=O)(=O)N(Cc2ccccc2)[C@@H]2C[C@H]2[C@H](O)CC(C)C)cc1. The summed E-state index contributed by atoms with van der Waals surface area (Å²) in [7, 11) is -3.63. The molecule has 0 saturated heterocycles. The number of aliphatic hydroxyl groups is 1. The Balaban J connectivity index is 1.88. The third-order valence-electron chi connectivity index (χ3n) is 5.19. The normalized spacial score (nSPS) is 20.8. The van der Waals surface area contributed by atoms with E-state index in [4.69, 9.17) is 0 Å². The van der Waals surface area contributed by atoms with Crippen LogP contribution in [0.5, 0.6) is 0 Å². The van der Waals surface area contributed by atoms with Crippen LogP contribution in [0.3, 0.4) is 0 Å². The average Bonchev–Trinajstić information content (AvgIpc) is 3.41. The van der Waals surface area contributed by atoms with E-state index >= 15 is 0 Å². The number of aliphatic hydroxyl groups excluding tert-OH is 1. The predicted octanol–water partition coefficient (Wildman–Crippen LogP) is 3.98. The summed E-state index contributed by atoms with van der Waals surface area (Å²) in [6, 6.07) is 16.5. The minimum atomic E-state index is -3.63. The molecule has 1 aliphatic carbocycles. The lowest BCUT2D eigenvalue weighted by Crippen LogP contribution is -2.35. The minimum absolute atomic E-state index is 0.0105. The van der Waals surface area contributed by atoms with E-state index in [-0.39, 0.29) is 12.0 Å². The van der Waals surface area contributed by atoms with Crippen LogP contribution in [-0.4, -0.2) is 30.0 Å². The molecule has 1 fully saturated rings. The number of nitrogens with zero attached hydrogens (tertiary/aromatic N) is 1. The summed E-state index contributed by atoms with van der Waals surface area (Å²) in [5, 5.41) is 10.5. The number of hydrogen-bond acceptors (Lipinski definition) is 3. The molecule has 2 aromatic carbocycles. The van der Waals surface area contributed by atoms with Gasteiger partial charge in [0.05, 0.1) is 11.0 Å². The van der Waals surface area contributed by atoms with Crippen molar-refractivity contribution in [1.82, 2.24) is 4.31 Å². The van der Waals surface area contributed by atoms with Crippen LogP contribution in [0.15, 0.2) is 59.5 Å². The minimum Gasteiger partial charge on any atom is -0.393 e. The van der Waals surface area contributed by atoms with Crippen molar-refractivity contribution in [2.24, 2.45) is 11.8 Å². The van der Waals surface area contributed by atoms with Gasteiger partial charge in [-0.1, -0.05) is 61.9 Å². The molecular formula is C22H29NO3S. The third kappa shape index (κ3) is 4.78. The zero-order valence-corrected chi connectivity index (χ0v) is 17.1. The smallest absolute Gasteiger partial charge is 0.243 e. The number of sulfonamides is 1. The highest BCUT2D eigenvalue weighted by atomic mass is 32.2. The topological polar surface area (TPSA) is 57.6 Å². The van der Waals surface area contributed by atoms with Crippen molar-refractivity contribution in [1.29, 1.82) is 0 Å². The van der Waals surface area contributed by atoms with Crippen LogP contribution in [-0.2, 0) is 16.6 Å². The lowest BCUT2D eigenvalue weighted by molar-refractivity contribution is 0.118. The van der Waals surface area contributed by atoms with Gasteiger partial charge in [-0.25, -0.2) is 8.42 Å². The van der Waals surface area contributed by atoms with E-state index in [1.54, 1.807) is 16.4 Å². The molecular weight excluding hydrogens is 358 g/mol. The number of rotatable bonds is 8. The molecule has 1 N–H and O–H groups in total. The van der Waals surface area contributed by atoms with Gasteiger partial charge >= 0.3 is 0 Å². The zero-order valence-electron chi connectivity index (χ0n) is 16.2. The van der Waals surface area contributed by atoms with Gasteiger partial charge in [0.15, 0.2) is 0 Å². The van der Waals surface area contributed by atoms with Crippen LogP contribution in [0.2, 0.25) is 0 Å². The highest BCUT2D eigenvalue weighted by Gasteiger charge is 2.50. The first-order valence-corrected chi connectivity index (χ1v) is 11.0. The predicted molar refractivity (Wildman–Crippen MR) is 108 cm³/mol. The van der Waals surface area contributed by atoms with E-state index in [1.807, 2.05) is 49.4 Å². The Morgan fingerprint density at radius 2 is 1.70 bits per heavy atom. The van der Waals surface area contributed by atoms with E-state index in [9.17, 15) is 13.5 Å². The van der Waals surface area contributed by atoms with E-state index in [0.29, 0.717) is 30.2 Å². The second kappa shape index (κ2) is 8.13. The summed E-state index contributed by atoms with van der Waals surface area (Å²) in [5.41, 5.74) is 1.98. The number of hydrogen-bond donors (Lipinski definition) is 1. The van der Waals surface area contributed by atoms with Crippen LogP contribution in [0, 0.1) is 18.8 Å². The molecule has 0 aromatic heterocycles. The van der Waals surface area contributed by atoms with Gasteiger partial charge in [0.2, 0.25) is 10.0 Å². The monoisotopic (exact) mass is 387 g/mol. The first-order valence-electron chi connectivity index (χ1n) is 9.59. The van der Waals surface area contributed by atoms with Gasteiger partial charge in [-0.05, 0) is 43.4 Å². The zero-order chi connectivity index (χ0) is 19.6. The van der Waals surface area contributed by atoms with E-state index in [2.05, 4.69) is 13.8 Å². The molecule has 4 nitrogen and oxygen atoms in total. The molecule has 0 radical (unpaired) electrons. The molecule has 5 heteroatoms. The summed E-state index contributed by atoms with van der Waals surface area (Å²) in [5.74, 6) is 0.397. The molecule has 3 atom stereocenters. The molecule has 3 rings (SSSR count). The van der Waals surface area contributed by atoms with Crippen LogP contribution in [0.1, 0.15) is 37.8 Å². The van der Waals surface area contributed by atoms with E-state index < -0.39 is 16.1 Å². The molecule has 0 aliphatic heterocycles. The molecule has 146 valence electrons. The quantitative estimate of drug-likeness (QED) is 0.745. The lowest BCUT2D eigenvalue weighted by Gasteiger charge is -2.24. The van der Waals surface area contributed by atoms with Crippen molar-refractivity contribution in [3.63, 3.8) is 0 Å². The Kier molecular flexibility index (Phi) is 6.04. The van der Waals surface area contributed by atoms with Gasteiger partial charge in [-0.2, -0.15) is 4.31 Å². The van der Waals surface area contributed by atoms with Crippen LogP contribution < -0.4 is 0 Å². The second-order valence-corrected chi connectivity index (χ2v) is 9.90. The van der Waals surface area contributed by atoms with Gasteiger partial charge in [0.1, 0.15) is 0 Å². The van der Waals surface area contributed by atoms with Crippen LogP contribution >= 0.6 is 0 Å². The van der Waals surface area contributed by atoms with Gasteiger partial charge in [-0.3, -0.25) is 0 Å². The Hall–Kier alpha value is -1.69. The fraction of sp³-hybridized carbons (Fsp3) is 0.455. The van der Waals surface area contributed by atoms with Crippen molar-refractivity contribution in [3.8, 4) is 0 Å². The number of aryl methyl sites for hydroxylation is 1. The molecule has 0 spiro atoms. The van der Waals surface area contributed by atoms with Crippen molar-refractivity contribution < 1.29 is 13.5 Å². The van der Waals surface area contributed by atoms with Gasteiger partial charge in [-0.15, -0.1) is 0 Å². The summed E-state index contributed by atoms with van der Waals surface area (Å²) in [4.78, 5) is 0.313. The first kappa shape index (κ1) is 20.1. The number of benzene rings is 2. The molecule has 0 unspecified atom stereocenters. The molecule has 1 saturated carbocycles. The molecule has 27 heavy (non-hydrogen) atoms. The second-order valence-electron chi connectivity index (χ2n) is 8.01. The fourth-order valence-electron chi connectivity index (χ4n) is 3.59. The Morgan fingerprint density at radius 1 is 1.07 bits per heavy atom. The van der Waals surface area contributed by atoms with Gasteiger partial charge < -0.3 is 5.11 Å². The highest BCUT2D eigenvalue weighted by Crippen LogP contribution is 2.43. The molecule has 1 aliphatic rings. The van der Waals surface area contributed by atoms with Gasteiger partial charge in [0, 0.05) is 18.5 Å². The summed E-state index contributed by atoms with van der Waals surface area (Å²) < 4.78 is 28.3. The van der Waals surface area contributed by atoms with Crippen molar-refractivity contribution in [2.45, 2.75) is 57.2 Å². The average molecular weight is 388 g/mol. The molecule has 2 aromatic rings. The van der Waals surface area contributed by atoms with Gasteiger partial charge in [0.25, 0.3) is 0 Å². The Morgan fingerprint density at radius 3 is 2.30 bits per heavy atom. The fourth-order valence-corrected chi connectivity index (χ4v) is 5.26. The maximum absolute atomic E-state index is 13.4. The Bertz CT molecular complexity index is 847. The molecule has 0 bridgehead atoms. The van der Waals surface area contributed by atoms with Crippen LogP contribution in [0.4, 0.5) is 0 Å². The summed E-state index contributed by atoms with van der Waals surface area (Å²) in [6.07, 6.45) is 0.956. The maximum Gasteiger partial charge on any atom is 0.243 e. The standard InChI is InChI=1S/C22H29NO3S/c1-16(2)13-22(24)20-14-21(20)23(15-18-7-5-4-6-8-18)27(25,26)19-11-9-17(3)10-12-19/h4-12,16,20-22,24H,13-15H2,1-3H3/t20-,21-,22-/m1/s1. The third-order valence-corrected chi connectivity index (χ3v) is 7.08. The molecule has 0 amide bonds. The highest BCUT2D eigenvalue weighted by molar-refractivity contribution is 7.89. The van der Waals surface area contributed by atoms with E-state index in [0.717, 1.165) is 11.1 Å². The summed E-state index contributed by atoms with van der Waals surface area (Å²) in [6.45, 7) is 6.42. The summed E-state index contributed by atoms with van der Waals surface area (Å²) >= 11 is 0. The van der Waals surface area contributed by atoms with Crippen molar-refractivity contribution in [2.75, 3.05) is 0 Å². The van der Waals surface area contributed by atoms with Crippen molar-refractivity contribution >= 4 is 10.0 Å². The first-order chi connectivity index (χ1) is 12.8. The van der Waals surface area contributed by atoms with E-state index in [1.165, 1.54) is 0 Å². The Labute approximate surface area is 162 Å². The van der Waals surface area contributed by atoms with Crippen LogP contribution in [0.25, 0.3) is 0 Å². The maximum atomic E-state index is 13.4. The van der Waals surface area contributed by atoms with Crippen molar-refractivity contribution in [3.05, 3.63) is 65.7 Å². The largest absolute Gasteiger partial charge is 0.393 e.